The largest absolute Gasteiger partial charge is 0.282 e. The van der Waals surface area contributed by atoms with Gasteiger partial charge in [0.25, 0.3) is 0 Å². The quantitative estimate of drug-likeness (QED) is 0.692. The van der Waals surface area contributed by atoms with Gasteiger partial charge in [-0.1, -0.05) is 36.8 Å². The van der Waals surface area contributed by atoms with Crippen molar-refractivity contribution >= 4 is 11.8 Å². The van der Waals surface area contributed by atoms with E-state index < -0.39 is 0 Å². The number of imide groups is 1. The van der Waals surface area contributed by atoms with Crippen LogP contribution in [0.5, 0.6) is 0 Å². The van der Waals surface area contributed by atoms with Crippen LogP contribution in [0.1, 0.15) is 63.0 Å². The van der Waals surface area contributed by atoms with Crippen molar-refractivity contribution in [1.82, 2.24) is 4.90 Å². The zero-order valence-electron chi connectivity index (χ0n) is 17.3. The van der Waals surface area contributed by atoms with Crippen molar-refractivity contribution in [3.63, 3.8) is 0 Å². The Labute approximate surface area is 168 Å². The summed E-state index contributed by atoms with van der Waals surface area (Å²) in [5.41, 5.74) is 2.81. The first-order valence-corrected chi connectivity index (χ1v) is 11.3. The molecule has 1 aromatic carbocycles. The second-order valence-electron chi connectivity index (χ2n) is 10.6. The molecule has 0 N–H and O–H groups in total. The fourth-order valence-corrected chi connectivity index (χ4v) is 7.35. The summed E-state index contributed by atoms with van der Waals surface area (Å²) in [5, 5.41) is 0. The fourth-order valence-electron chi connectivity index (χ4n) is 7.35. The van der Waals surface area contributed by atoms with E-state index in [2.05, 4.69) is 31.2 Å². The number of hydrogen-bond acceptors (Lipinski definition) is 2. The summed E-state index contributed by atoms with van der Waals surface area (Å²) >= 11 is 0. The van der Waals surface area contributed by atoms with Crippen LogP contribution in [0.4, 0.5) is 0 Å². The molecule has 5 aliphatic rings. The number of aryl methyl sites for hydroxylation is 1. The van der Waals surface area contributed by atoms with E-state index in [1.807, 2.05) is 6.92 Å². The van der Waals surface area contributed by atoms with Crippen LogP contribution in [-0.4, -0.2) is 23.3 Å². The molecule has 28 heavy (non-hydrogen) atoms. The summed E-state index contributed by atoms with van der Waals surface area (Å²) in [4.78, 5) is 27.6. The molecule has 3 nitrogen and oxygen atoms in total. The Kier molecular flexibility index (Phi) is 4.41. The Morgan fingerprint density at radius 1 is 0.929 bits per heavy atom. The van der Waals surface area contributed by atoms with Gasteiger partial charge in [-0.05, 0) is 87.0 Å². The second kappa shape index (κ2) is 6.71. The molecular formula is C25H33NO2. The molecule has 0 radical (unpaired) electrons. The van der Waals surface area contributed by atoms with E-state index in [0.29, 0.717) is 18.4 Å². The molecule has 0 unspecified atom stereocenters. The monoisotopic (exact) mass is 379 g/mol. The van der Waals surface area contributed by atoms with E-state index in [-0.39, 0.29) is 23.7 Å². The first-order valence-electron chi connectivity index (χ1n) is 11.3. The minimum absolute atomic E-state index is 0.0619. The summed E-state index contributed by atoms with van der Waals surface area (Å²) in [6.07, 6.45) is 10.1. The Bertz CT molecular complexity index is 745. The minimum Gasteiger partial charge on any atom is -0.282 e. The first-order chi connectivity index (χ1) is 13.4. The van der Waals surface area contributed by atoms with Crippen molar-refractivity contribution in [2.75, 3.05) is 6.54 Å². The van der Waals surface area contributed by atoms with Gasteiger partial charge in [0.05, 0.1) is 5.92 Å². The van der Waals surface area contributed by atoms with Crippen LogP contribution < -0.4 is 0 Å². The Morgan fingerprint density at radius 2 is 1.50 bits per heavy atom. The van der Waals surface area contributed by atoms with Gasteiger partial charge in [-0.2, -0.15) is 0 Å². The zero-order valence-corrected chi connectivity index (χ0v) is 17.3. The van der Waals surface area contributed by atoms with Crippen LogP contribution in [0, 0.1) is 41.9 Å². The molecule has 4 bridgehead atoms. The fraction of sp³-hybridized carbons (Fsp3) is 0.680. The average Bonchev–Trinajstić information content (AvgIpc) is 2.84. The maximum Gasteiger partial charge on any atom is 0.233 e. The maximum absolute atomic E-state index is 13.1. The van der Waals surface area contributed by atoms with Crippen molar-refractivity contribution in [1.29, 1.82) is 0 Å². The van der Waals surface area contributed by atoms with Crippen molar-refractivity contribution in [2.24, 2.45) is 35.0 Å². The lowest BCUT2D eigenvalue weighted by Gasteiger charge is -2.57. The smallest absolute Gasteiger partial charge is 0.233 e. The topological polar surface area (TPSA) is 37.4 Å². The number of rotatable bonds is 5. The third-order valence-corrected chi connectivity index (χ3v) is 8.45. The van der Waals surface area contributed by atoms with Crippen molar-refractivity contribution < 1.29 is 9.59 Å². The van der Waals surface area contributed by atoms with Gasteiger partial charge in [0.2, 0.25) is 11.8 Å². The van der Waals surface area contributed by atoms with Crippen LogP contribution in [-0.2, 0) is 16.0 Å². The minimum atomic E-state index is -0.190. The van der Waals surface area contributed by atoms with E-state index in [9.17, 15) is 9.59 Å². The number of benzene rings is 1. The zero-order chi connectivity index (χ0) is 19.5. The van der Waals surface area contributed by atoms with E-state index in [0.717, 1.165) is 29.7 Å². The summed E-state index contributed by atoms with van der Waals surface area (Å²) in [5.74, 6) is 2.52. The van der Waals surface area contributed by atoms with Crippen LogP contribution in [0.15, 0.2) is 24.3 Å². The number of amides is 2. The molecule has 1 aliphatic heterocycles. The molecule has 3 heteroatoms. The molecule has 4 saturated carbocycles. The normalized spacial score (nSPS) is 39.2. The molecule has 2 amide bonds. The highest BCUT2D eigenvalue weighted by Gasteiger charge is 2.52. The van der Waals surface area contributed by atoms with Crippen molar-refractivity contribution in [2.45, 2.75) is 65.2 Å². The number of likely N-dealkylation sites (tertiary alicyclic amines) is 1. The molecule has 1 saturated heterocycles. The third-order valence-electron chi connectivity index (χ3n) is 8.45. The van der Waals surface area contributed by atoms with Gasteiger partial charge < -0.3 is 0 Å². The molecular weight excluding hydrogens is 346 g/mol. The maximum atomic E-state index is 13.1. The number of nitrogens with zero attached hydrogens (tertiary/aromatic N) is 1. The van der Waals surface area contributed by atoms with Gasteiger partial charge in [0.1, 0.15) is 0 Å². The predicted molar refractivity (Wildman–Crippen MR) is 109 cm³/mol. The number of carbonyl (C=O) groups excluding carboxylic acids is 2. The van der Waals surface area contributed by atoms with Gasteiger partial charge in [0, 0.05) is 12.5 Å². The molecule has 4 aliphatic carbocycles. The Morgan fingerprint density at radius 3 is 2.07 bits per heavy atom. The van der Waals surface area contributed by atoms with Gasteiger partial charge in [-0.15, -0.1) is 0 Å². The van der Waals surface area contributed by atoms with Crippen LogP contribution in [0.25, 0.3) is 0 Å². The molecule has 6 rings (SSSR count). The summed E-state index contributed by atoms with van der Waals surface area (Å²) in [7, 11) is 0. The van der Waals surface area contributed by atoms with Crippen LogP contribution in [0.2, 0.25) is 0 Å². The van der Waals surface area contributed by atoms with Gasteiger partial charge in [0.15, 0.2) is 0 Å². The summed E-state index contributed by atoms with van der Waals surface area (Å²) in [6.45, 7) is 4.67. The molecule has 0 aromatic heterocycles. The standard InChI is InChI=1S/C25H33NO2/c1-16-3-5-18(6-4-16)12-22-17(2)23(27)26(24(22)28)8-7-25-13-19-9-20(14-25)11-21(10-19)15-25/h3-6,17,19-22H,7-15H2,1-2H3/t17-,19?,20?,21?,22-,25?/m0/s1. The number of carbonyl (C=O) groups is 2. The van der Waals surface area contributed by atoms with Crippen LogP contribution >= 0.6 is 0 Å². The average molecular weight is 380 g/mol. The van der Waals surface area contributed by atoms with Crippen molar-refractivity contribution in [3.8, 4) is 0 Å². The lowest BCUT2D eigenvalue weighted by Crippen LogP contribution is -2.47. The third kappa shape index (κ3) is 3.11. The Balaban J connectivity index is 1.26. The highest BCUT2D eigenvalue weighted by Crippen LogP contribution is 2.61. The van der Waals surface area contributed by atoms with E-state index in [1.54, 1.807) is 4.90 Å². The Hall–Kier alpha value is -1.64. The van der Waals surface area contributed by atoms with Gasteiger partial charge in [-0.3, -0.25) is 14.5 Å². The number of hydrogen-bond donors (Lipinski definition) is 0. The van der Waals surface area contributed by atoms with E-state index >= 15 is 0 Å². The van der Waals surface area contributed by atoms with Gasteiger partial charge in [-0.25, -0.2) is 0 Å². The van der Waals surface area contributed by atoms with Gasteiger partial charge >= 0.3 is 0 Å². The molecule has 1 heterocycles. The van der Waals surface area contributed by atoms with E-state index in [4.69, 9.17) is 0 Å². The first kappa shape index (κ1) is 18.4. The lowest BCUT2D eigenvalue weighted by atomic mass is 9.49. The molecule has 2 atom stereocenters. The molecule has 0 spiro atoms. The second-order valence-corrected chi connectivity index (χ2v) is 10.6. The highest BCUT2D eigenvalue weighted by molar-refractivity contribution is 6.05. The molecule has 150 valence electrons. The summed E-state index contributed by atoms with van der Waals surface area (Å²) < 4.78 is 0. The van der Waals surface area contributed by atoms with E-state index in [1.165, 1.54) is 44.1 Å². The predicted octanol–water partition coefficient (Wildman–Crippen LogP) is 4.77. The SMILES string of the molecule is Cc1ccc(C[C@@H]2C(=O)N(CCC34CC5CC(CC(C5)C3)C4)C(=O)[C@H]2C)cc1. The molecule has 5 fully saturated rings. The lowest BCUT2D eigenvalue weighted by molar-refractivity contribution is -0.141. The van der Waals surface area contributed by atoms with Crippen LogP contribution in [0.3, 0.4) is 0 Å². The van der Waals surface area contributed by atoms with Crippen molar-refractivity contribution in [3.05, 3.63) is 35.4 Å². The molecule has 1 aromatic rings. The highest BCUT2D eigenvalue weighted by atomic mass is 16.2. The summed E-state index contributed by atoms with van der Waals surface area (Å²) in [6, 6.07) is 8.37.